The number of aromatic nitrogens is 3. The van der Waals surface area contributed by atoms with Gasteiger partial charge in [-0.05, 0) is 39.0 Å². The lowest BCUT2D eigenvalue weighted by molar-refractivity contribution is 0.0526. The smallest absolute Gasteiger partial charge is 0.407 e. The number of nitrogens with one attached hydrogen (secondary N) is 1. The Hall–Kier alpha value is -2.35. The zero-order chi connectivity index (χ0) is 19.1. The average Bonchev–Trinajstić information content (AvgIpc) is 2.78. The van der Waals surface area contributed by atoms with Crippen LogP contribution in [0.25, 0.3) is 21.9 Å². The van der Waals surface area contributed by atoms with Gasteiger partial charge in [-0.25, -0.2) is 9.59 Å². The molecule has 8 heteroatoms. The van der Waals surface area contributed by atoms with Gasteiger partial charge in [0.05, 0.1) is 22.7 Å². The zero-order valence-electron chi connectivity index (χ0n) is 15.2. The molecule has 1 aromatic carbocycles. The van der Waals surface area contributed by atoms with Crippen molar-refractivity contribution in [1.82, 2.24) is 19.4 Å². The van der Waals surface area contributed by atoms with E-state index in [1.165, 1.54) is 0 Å². The lowest BCUT2D eigenvalue weighted by Gasteiger charge is -2.19. The number of halogens is 1. The third-order valence-electron chi connectivity index (χ3n) is 3.93. The Bertz CT molecular complexity index is 1050. The van der Waals surface area contributed by atoms with Crippen molar-refractivity contribution in [3.8, 4) is 0 Å². The number of carbonyl (C=O) groups is 1. The fraction of sp³-hybridized carbons (Fsp3) is 0.389. The molecule has 2 aromatic heterocycles. The molecule has 0 fully saturated rings. The largest absolute Gasteiger partial charge is 0.444 e. The minimum absolute atomic E-state index is 0.153. The van der Waals surface area contributed by atoms with Gasteiger partial charge in [0, 0.05) is 30.0 Å². The van der Waals surface area contributed by atoms with Crippen molar-refractivity contribution in [2.45, 2.75) is 32.9 Å². The van der Waals surface area contributed by atoms with Crippen molar-refractivity contribution in [2.75, 3.05) is 6.54 Å². The number of fused-ring (bicyclic) bond motifs is 3. The number of hydrogen-bond acceptors (Lipinski definition) is 4. The quantitative estimate of drug-likeness (QED) is 0.705. The summed E-state index contributed by atoms with van der Waals surface area (Å²) in [5, 5.41) is 3.57. The molecule has 1 amide bonds. The molecule has 3 rings (SSSR count). The van der Waals surface area contributed by atoms with Crippen molar-refractivity contribution >= 4 is 44.0 Å². The Balaban J connectivity index is 1.95. The van der Waals surface area contributed by atoms with E-state index in [0.717, 1.165) is 26.4 Å². The topological polar surface area (TPSA) is 78.2 Å². The summed E-state index contributed by atoms with van der Waals surface area (Å²) in [7, 11) is 1.72. The first kappa shape index (κ1) is 18.4. The molecule has 26 heavy (non-hydrogen) atoms. The van der Waals surface area contributed by atoms with Gasteiger partial charge in [0.15, 0.2) is 0 Å². The van der Waals surface area contributed by atoms with Crippen molar-refractivity contribution in [3.05, 3.63) is 39.4 Å². The lowest BCUT2D eigenvalue weighted by Crippen LogP contribution is -2.35. The highest BCUT2D eigenvalue weighted by atomic mass is 79.9. The van der Waals surface area contributed by atoms with Crippen molar-refractivity contribution < 1.29 is 9.53 Å². The van der Waals surface area contributed by atoms with Gasteiger partial charge in [0.25, 0.3) is 0 Å². The van der Waals surface area contributed by atoms with Crippen LogP contribution in [0.5, 0.6) is 0 Å². The van der Waals surface area contributed by atoms with Gasteiger partial charge < -0.3 is 10.1 Å². The molecule has 0 saturated carbocycles. The van der Waals surface area contributed by atoms with Gasteiger partial charge in [0.2, 0.25) is 0 Å². The number of aryl methyl sites for hydroxylation is 1. The summed E-state index contributed by atoms with van der Waals surface area (Å²) in [4.78, 5) is 28.9. The number of hydrogen-bond donors (Lipinski definition) is 1. The normalized spacial score (nSPS) is 11.9. The van der Waals surface area contributed by atoms with Crippen LogP contribution in [0.3, 0.4) is 0 Å². The Morgan fingerprint density at radius 2 is 2.08 bits per heavy atom. The lowest BCUT2D eigenvalue weighted by atomic mass is 10.2. The fourth-order valence-electron chi connectivity index (χ4n) is 2.84. The van der Waals surface area contributed by atoms with Crippen molar-refractivity contribution in [1.29, 1.82) is 0 Å². The third kappa shape index (κ3) is 3.60. The number of rotatable bonds is 3. The SMILES string of the molecule is Cn1c(=O)n(CCNC(=O)OC(C)(C)C)c2c3cc(Br)ccc3ncc21. The highest BCUT2D eigenvalue weighted by Gasteiger charge is 2.17. The number of carbonyl (C=O) groups excluding carboxylic acids is 1. The number of benzene rings is 1. The van der Waals surface area contributed by atoms with E-state index in [9.17, 15) is 9.59 Å². The zero-order valence-corrected chi connectivity index (χ0v) is 16.8. The molecule has 0 unspecified atom stereocenters. The van der Waals surface area contributed by atoms with Crippen LogP contribution in [0.4, 0.5) is 4.79 Å². The number of pyridine rings is 1. The second-order valence-electron chi connectivity index (χ2n) is 7.08. The van der Waals surface area contributed by atoms with Crippen LogP contribution in [0.15, 0.2) is 33.7 Å². The second kappa shape index (κ2) is 6.75. The predicted octanol–water partition coefficient (Wildman–Crippen LogP) is 3.18. The molecule has 0 aliphatic heterocycles. The molecule has 0 bridgehead atoms. The van der Waals surface area contributed by atoms with E-state index in [0.29, 0.717) is 6.54 Å². The molecule has 0 aliphatic carbocycles. The first-order valence-corrected chi connectivity index (χ1v) is 9.07. The van der Waals surface area contributed by atoms with Crippen molar-refractivity contribution in [2.24, 2.45) is 7.05 Å². The van der Waals surface area contributed by atoms with E-state index in [4.69, 9.17) is 4.74 Å². The Morgan fingerprint density at radius 1 is 1.35 bits per heavy atom. The van der Waals surface area contributed by atoms with Crippen LogP contribution < -0.4 is 11.0 Å². The molecule has 0 atom stereocenters. The molecule has 2 heterocycles. The maximum absolute atomic E-state index is 12.7. The minimum Gasteiger partial charge on any atom is -0.444 e. The first-order valence-electron chi connectivity index (χ1n) is 8.28. The monoisotopic (exact) mass is 420 g/mol. The summed E-state index contributed by atoms with van der Waals surface area (Å²) >= 11 is 3.47. The summed E-state index contributed by atoms with van der Waals surface area (Å²) in [5.41, 5.74) is 1.64. The number of alkyl carbamates (subject to hydrolysis) is 1. The van der Waals surface area contributed by atoms with E-state index >= 15 is 0 Å². The standard InChI is InChI=1S/C18H21BrN4O3/c1-18(2,3)26-16(24)20-7-8-23-15-12-9-11(19)5-6-13(12)21-10-14(15)22(4)17(23)25/h5-6,9-10H,7-8H2,1-4H3,(H,20,24). The summed E-state index contributed by atoms with van der Waals surface area (Å²) < 4.78 is 9.36. The van der Waals surface area contributed by atoms with E-state index in [1.54, 1.807) is 43.1 Å². The maximum Gasteiger partial charge on any atom is 0.407 e. The Kier molecular flexibility index (Phi) is 4.79. The van der Waals surface area contributed by atoms with Crippen LogP contribution in [0, 0.1) is 0 Å². The highest BCUT2D eigenvalue weighted by molar-refractivity contribution is 9.10. The predicted molar refractivity (Wildman–Crippen MR) is 104 cm³/mol. The van der Waals surface area contributed by atoms with Crippen LogP contribution in [0.1, 0.15) is 20.8 Å². The highest BCUT2D eigenvalue weighted by Crippen LogP contribution is 2.25. The molecular formula is C18H21BrN4O3. The number of ether oxygens (including phenoxy) is 1. The van der Waals surface area contributed by atoms with Crippen LogP contribution >= 0.6 is 15.9 Å². The van der Waals surface area contributed by atoms with Gasteiger partial charge in [-0.15, -0.1) is 0 Å². The van der Waals surface area contributed by atoms with E-state index < -0.39 is 11.7 Å². The molecule has 138 valence electrons. The minimum atomic E-state index is -0.561. The van der Waals surface area contributed by atoms with Crippen LogP contribution in [-0.4, -0.2) is 32.4 Å². The summed E-state index contributed by atoms with van der Waals surface area (Å²) in [6.07, 6.45) is 1.20. The number of nitrogens with zero attached hydrogens (tertiary/aromatic N) is 3. The molecule has 0 aliphatic rings. The van der Waals surface area contributed by atoms with Gasteiger partial charge in [0.1, 0.15) is 5.60 Å². The number of imidazole rings is 1. The first-order chi connectivity index (χ1) is 12.2. The average molecular weight is 421 g/mol. The molecule has 0 saturated heterocycles. The fourth-order valence-corrected chi connectivity index (χ4v) is 3.20. The second-order valence-corrected chi connectivity index (χ2v) is 7.99. The summed E-state index contributed by atoms with van der Waals surface area (Å²) in [5.74, 6) is 0. The van der Waals surface area contributed by atoms with E-state index in [-0.39, 0.29) is 12.2 Å². The van der Waals surface area contributed by atoms with Crippen molar-refractivity contribution in [3.63, 3.8) is 0 Å². The third-order valence-corrected chi connectivity index (χ3v) is 4.43. The summed E-state index contributed by atoms with van der Waals surface area (Å²) in [6.45, 7) is 6.03. The maximum atomic E-state index is 12.7. The Labute approximate surface area is 159 Å². The van der Waals surface area contributed by atoms with Crippen LogP contribution in [-0.2, 0) is 18.3 Å². The molecule has 7 nitrogen and oxygen atoms in total. The van der Waals surface area contributed by atoms with Gasteiger partial charge in [-0.2, -0.15) is 0 Å². The van der Waals surface area contributed by atoms with Gasteiger partial charge >= 0.3 is 11.8 Å². The van der Waals surface area contributed by atoms with E-state index in [1.807, 2.05) is 18.2 Å². The van der Waals surface area contributed by atoms with Gasteiger partial charge in [-0.3, -0.25) is 14.1 Å². The molecular weight excluding hydrogens is 400 g/mol. The molecule has 1 N–H and O–H groups in total. The van der Waals surface area contributed by atoms with E-state index in [2.05, 4.69) is 26.2 Å². The van der Waals surface area contributed by atoms with Gasteiger partial charge in [-0.1, -0.05) is 15.9 Å². The summed E-state index contributed by atoms with van der Waals surface area (Å²) in [6, 6.07) is 5.76. The number of amides is 1. The molecule has 0 spiro atoms. The molecule has 3 aromatic rings. The van der Waals surface area contributed by atoms with Crippen LogP contribution in [0.2, 0.25) is 0 Å². The molecule has 0 radical (unpaired) electrons. The Morgan fingerprint density at radius 3 is 2.77 bits per heavy atom.